The highest BCUT2D eigenvalue weighted by molar-refractivity contribution is 7.99. The molecule has 1 aliphatic heterocycles. The summed E-state index contributed by atoms with van der Waals surface area (Å²) in [5.74, 6) is -2.01. The van der Waals surface area contributed by atoms with Crippen molar-refractivity contribution in [3.8, 4) is 0 Å². The van der Waals surface area contributed by atoms with Crippen molar-refractivity contribution in [1.29, 1.82) is 0 Å². The summed E-state index contributed by atoms with van der Waals surface area (Å²) in [5.41, 5.74) is 0.724. The van der Waals surface area contributed by atoms with E-state index in [9.17, 15) is 22.4 Å². The molecule has 0 bridgehead atoms. The van der Waals surface area contributed by atoms with Crippen LogP contribution in [0.1, 0.15) is 12.0 Å². The van der Waals surface area contributed by atoms with E-state index in [-0.39, 0.29) is 11.6 Å². The third kappa shape index (κ3) is 4.95. The molecule has 1 aliphatic carbocycles. The van der Waals surface area contributed by atoms with Crippen molar-refractivity contribution < 1.29 is 22.4 Å². The summed E-state index contributed by atoms with van der Waals surface area (Å²) in [6.07, 6.45) is -3.86. The van der Waals surface area contributed by atoms with Gasteiger partial charge in [0.05, 0.1) is 17.4 Å². The van der Waals surface area contributed by atoms with Gasteiger partial charge in [-0.15, -0.1) is 35.0 Å². The van der Waals surface area contributed by atoms with Crippen molar-refractivity contribution in [3.05, 3.63) is 23.5 Å². The molecule has 27 heavy (non-hydrogen) atoms. The number of halogens is 6. The Bertz CT molecular complexity index is 736. The van der Waals surface area contributed by atoms with Crippen molar-refractivity contribution in [3.63, 3.8) is 0 Å². The average Bonchev–Trinajstić information content (AvgIpc) is 3.21. The van der Waals surface area contributed by atoms with E-state index >= 15 is 0 Å². The minimum atomic E-state index is -4.29. The second-order valence-corrected chi connectivity index (χ2v) is 9.36. The lowest BCUT2D eigenvalue weighted by Crippen LogP contribution is -2.49. The molecule has 0 spiro atoms. The number of anilines is 1. The van der Waals surface area contributed by atoms with Gasteiger partial charge in [0, 0.05) is 31.1 Å². The predicted molar refractivity (Wildman–Crippen MR) is 99.3 cm³/mol. The quantitative estimate of drug-likeness (QED) is 0.384. The van der Waals surface area contributed by atoms with Gasteiger partial charge in [0.15, 0.2) is 0 Å². The summed E-state index contributed by atoms with van der Waals surface area (Å²) in [6, 6.07) is 2.72. The zero-order valence-corrected chi connectivity index (χ0v) is 16.8. The summed E-state index contributed by atoms with van der Waals surface area (Å²) in [6.45, 7) is 3.14. The van der Waals surface area contributed by atoms with Crippen LogP contribution in [-0.4, -0.2) is 53.2 Å². The Labute approximate surface area is 169 Å². The van der Waals surface area contributed by atoms with Gasteiger partial charge >= 0.3 is 6.18 Å². The average molecular weight is 445 g/mol. The first kappa shape index (κ1) is 20.9. The van der Waals surface area contributed by atoms with Gasteiger partial charge in [0.25, 0.3) is 0 Å². The number of benzene rings is 1. The molecule has 10 heteroatoms. The molecule has 1 saturated carbocycles. The number of alkyl halides is 5. The van der Waals surface area contributed by atoms with Gasteiger partial charge in [-0.1, -0.05) is 0 Å². The van der Waals surface area contributed by atoms with Gasteiger partial charge < -0.3 is 9.80 Å². The van der Waals surface area contributed by atoms with Crippen LogP contribution in [0.4, 0.5) is 23.2 Å². The molecule has 0 N–H and O–H groups in total. The number of nitrogens with zero attached hydrogens (tertiary/aromatic N) is 2. The summed E-state index contributed by atoms with van der Waals surface area (Å²) in [4.78, 5) is 16.1. The Morgan fingerprint density at radius 1 is 1.26 bits per heavy atom. The maximum atomic E-state index is 14.4. The third-order valence-electron chi connectivity index (χ3n) is 4.69. The van der Waals surface area contributed by atoms with Crippen LogP contribution < -0.4 is 4.90 Å². The first-order chi connectivity index (χ1) is 12.5. The fraction of sp³-hybridized carbons (Fsp3) is 0.588. The number of rotatable bonds is 4. The molecule has 1 amide bonds. The topological polar surface area (TPSA) is 23.6 Å². The number of amides is 1. The highest BCUT2D eigenvalue weighted by atomic mass is 35.5. The van der Waals surface area contributed by atoms with E-state index in [1.807, 2.05) is 0 Å². The standard InChI is InChI=1S/C17H18Cl2F4N2OS/c1-10-6-12(20)13(7-14(10)27-9-17(21,22)23)24-2-4-25(5-3-24)15(26)11-8-16(11,18)19/h6-7,11H,2-5,8-9H2,1H3. The fourth-order valence-electron chi connectivity index (χ4n) is 3.07. The van der Waals surface area contributed by atoms with Crippen molar-refractivity contribution in [2.75, 3.05) is 36.8 Å². The molecule has 3 rings (SSSR count). The number of thioether (sulfide) groups is 1. The first-order valence-electron chi connectivity index (χ1n) is 8.39. The lowest BCUT2D eigenvalue weighted by Gasteiger charge is -2.36. The summed E-state index contributed by atoms with van der Waals surface area (Å²) < 4.78 is 50.9. The van der Waals surface area contributed by atoms with Crippen LogP contribution in [0.25, 0.3) is 0 Å². The predicted octanol–water partition coefficient (Wildman–Crippen LogP) is 4.63. The molecule has 2 aliphatic rings. The van der Waals surface area contributed by atoms with E-state index in [0.29, 0.717) is 54.8 Å². The van der Waals surface area contributed by atoms with Crippen LogP contribution in [0.3, 0.4) is 0 Å². The Morgan fingerprint density at radius 3 is 2.37 bits per heavy atom. The molecule has 3 nitrogen and oxygen atoms in total. The van der Waals surface area contributed by atoms with Gasteiger partial charge in [-0.05, 0) is 31.0 Å². The molecule has 2 fully saturated rings. The normalized spacial score (nSPS) is 22.1. The van der Waals surface area contributed by atoms with E-state index in [1.165, 1.54) is 12.1 Å². The van der Waals surface area contributed by atoms with Gasteiger partial charge in [0.2, 0.25) is 5.91 Å². The van der Waals surface area contributed by atoms with E-state index in [1.54, 1.807) is 16.7 Å². The number of hydrogen-bond acceptors (Lipinski definition) is 3. The molecule has 1 aromatic rings. The zero-order chi connectivity index (χ0) is 20.0. The fourth-order valence-corrected chi connectivity index (χ4v) is 4.36. The minimum Gasteiger partial charge on any atom is -0.366 e. The molecule has 0 aromatic heterocycles. The van der Waals surface area contributed by atoms with Gasteiger partial charge in [-0.25, -0.2) is 4.39 Å². The SMILES string of the molecule is Cc1cc(F)c(N2CCN(C(=O)C3CC3(Cl)Cl)CC2)cc1SCC(F)(F)F. The van der Waals surface area contributed by atoms with E-state index in [4.69, 9.17) is 23.2 Å². The Balaban J connectivity index is 1.66. The van der Waals surface area contributed by atoms with Crippen LogP contribution in [0, 0.1) is 18.7 Å². The Kier molecular flexibility index (Phi) is 5.81. The molecular formula is C17H18Cl2F4N2OS. The number of hydrogen-bond donors (Lipinski definition) is 0. The smallest absolute Gasteiger partial charge is 0.366 e. The van der Waals surface area contributed by atoms with Crippen molar-refractivity contribution in [2.45, 2.75) is 28.7 Å². The number of piperazine rings is 1. The number of carbonyl (C=O) groups excluding carboxylic acids is 1. The summed E-state index contributed by atoms with van der Waals surface area (Å²) in [7, 11) is 0. The van der Waals surface area contributed by atoms with Crippen LogP contribution in [-0.2, 0) is 4.79 Å². The highest BCUT2D eigenvalue weighted by Crippen LogP contribution is 2.54. The van der Waals surface area contributed by atoms with Crippen molar-refractivity contribution >= 4 is 46.6 Å². The van der Waals surface area contributed by atoms with Crippen LogP contribution >= 0.6 is 35.0 Å². The largest absolute Gasteiger partial charge is 0.398 e. The molecule has 1 heterocycles. The Morgan fingerprint density at radius 2 is 1.85 bits per heavy atom. The number of carbonyl (C=O) groups is 1. The minimum absolute atomic E-state index is 0.106. The molecular weight excluding hydrogens is 427 g/mol. The van der Waals surface area contributed by atoms with Crippen LogP contribution in [0.15, 0.2) is 17.0 Å². The second-order valence-electron chi connectivity index (χ2n) is 6.80. The monoisotopic (exact) mass is 444 g/mol. The van der Waals surface area contributed by atoms with Gasteiger partial charge in [0.1, 0.15) is 10.2 Å². The lowest BCUT2D eigenvalue weighted by atomic mass is 10.1. The highest BCUT2D eigenvalue weighted by Gasteiger charge is 2.57. The van der Waals surface area contributed by atoms with E-state index in [0.717, 1.165) is 0 Å². The summed E-state index contributed by atoms with van der Waals surface area (Å²) in [5, 5.41) is 0. The van der Waals surface area contributed by atoms with Gasteiger partial charge in [-0.2, -0.15) is 13.2 Å². The molecule has 1 atom stereocenters. The lowest BCUT2D eigenvalue weighted by molar-refractivity contribution is -0.132. The van der Waals surface area contributed by atoms with E-state index in [2.05, 4.69) is 0 Å². The van der Waals surface area contributed by atoms with Crippen LogP contribution in [0.2, 0.25) is 0 Å². The van der Waals surface area contributed by atoms with E-state index < -0.39 is 28.0 Å². The molecule has 0 radical (unpaired) electrons. The molecule has 150 valence electrons. The third-order valence-corrected chi connectivity index (χ3v) is 6.75. The molecule has 1 aromatic carbocycles. The van der Waals surface area contributed by atoms with Crippen molar-refractivity contribution in [2.24, 2.45) is 5.92 Å². The molecule has 1 unspecified atom stereocenters. The molecule has 1 saturated heterocycles. The number of aryl methyl sites for hydroxylation is 1. The van der Waals surface area contributed by atoms with Gasteiger partial charge in [-0.3, -0.25) is 4.79 Å². The maximum Gasteiger partial charge on any atom is 0.398 e. The zero-order valence-electron chi connectivity index (χ0n) is 14.5. The second kappa shape index (κ2) is 7.52. The maximum absolute atomic E-state index is 14.4. The van der Waals surface area contributed by atoms with Crippen molar-refractivity contribution in [1.82, 2.24) is 4.90 Å². The Hall–Kier alpha value is -0.860. The van der Waals surface area contributed by atoms with Crippen LogP contribution in [0.5, 0.6) is 0 Å². The first-order valence-corrected chi connectivity index (χ1v) is 10.1. The summed E-state index contributed by atoms with van der Waals surface area (Å²) >= 11 is 12.5.